The molecule has 1 aromatic rings. The van der Waals surface area contributed by atoms with Crippen LogP contribution in [0, 0.1) is 0 Å². The SMILES string of the molecule is CC(=O)N(CCC(=O)NCC1CCCO1)c1cc(Cl)cc(Cl)c1. The Balaban J connectivity index is 1.89. The Kier molecular flexibility index (Phi) is 6.69. The van der Waals surface area contributed by atoms with Crippen LogP contribution in [0.2, 0.25) is 10.0 Å². The van der Waals surface area contributed by atoms with Crippen LogP contribution in [0.15, 0.2) is 18.2 Å². The molecule has 1 heterocycles. The molecule has 1 saturated heterocycles. The lowest BCUT2D eigenvalue weighted by molar-refractivity contribution is -0.121. The van der Waals surface area contributed by atoms with Gasteiger partial charge in [-0.25, -0.2) is 0 Å². The monoisotopic (exact) mass is 358 g/mol. The van der Waals surface area contributed by atoms with Gasteiger partial charge in [0, 0.05) is 48.8 Å². The molecule has 0 spiro atoms. The van der Waals surface area contributed by atoms with Gasteiger partial charge >= 0.3 is 0 Å². The summed E-state index contributed by atoms with van der Waals surface area (Å²) in [5.74, 6) is -0.282. The summed E-state index contributed by atoms with van der Waals surface area (Å²) in [6.07, 6.45) is 2.32. The Morgan fingerprint density at radius 2 is 2.00 bits per heavy atom. The summed E-state index contributed by atoms with van der Waals surface area (Å²) in [6.45, 7) is 2.98. The fourth-order valence-corrected chi connectivity index (χ4v) is 3.01. The van der Waals surface area contributed by atoms with Gasteiger partial charge in [0.25, 0.3) is 0 Å². The number of anilines is 1. The van der Waals surface area contributed by atoms with Crippen LogP contribution in [0.25, 0.3) is 0 Å². The van der Waals surface area contributed by atoms with Gasteiger partial charge in [-0.05, 0) is 31.0 Å². The molecule has 2 amide bonds. The van der Waals surface area contributed by atoms with Gasteiger partial charge in [0.15, 0.2) is 0 Å². The number of nitrogens with one attached hydrogen (secondary N) is 1. The summed E-state index contributed by atoms with van der Waals surface area (Å²) in [7, 11) is 0. The summed E-state index contributed by atoms with van der Waals surface area (Å²) in [5.41, 5.74) is 0.585. The summed E-state index contributed by atoms with van der Waals surface area (Å²) in [6, 6.07) is 4.90. The van der Waals surface area contributed by atoms with Crippen molar-refractivity contribution in [3.63, 3.8) is 0 Å². The first-order chi connectivity index (χ1) is 11.0. The second kappa shape index (κ2) is 8.52. The van der Waals surface area contributed by atoms with E-state index in [4.69, 9.17) is 27.9 Å². The van der Waals surface area contributed by atoms with Crippen molar-refractivity contribution in [2.45, 2.75) is 32.3 Å². The summed E-state index contributed by atoms with van der Waals surface area (Å²) in [5, 5.41) is 3.73. The van der Waals surface area contributed by atoms with E-state index in [-0.39, 0.29) is 30.9 Å². The third kappa shape index (κ3) is 5.68. The van der Waals surface area contributed by atoms with E-state index in [1.165, 1.54) is 11.8 Å². The number of amides is 2. The van der Waals surface area contributed by atoms with Gasteiger partial charge in [0.1, 0.15) is 0 Å². The van der Waals surface area contributed by atoms with Crippen molar-refractivity contribution in [2.24, 2.45) is 0 Å². The van der Waals surface area contributed by atoms with Gasteiger partial charge in [0.05, 0.1) is 6.10 Å². The maximum atomic E-state index is 11.9. The van der Waals surface area contributed by atoms with Crippen LogP contribution < -0.4 is 10.2 Å². The molecule has 1 aromatic carbocycles. The second-order valence-electron chi connectivity index (χ2n) is 5.49. The van der Waals surface area contributed by atoms with E-state index in [0.29, 0.717) is 22.3 Å². The lowest BCUT2D eigenvalue weighted by Crippen LogP contribution is -2.36. The van der Waals surface area contributed by atoms with Crippen molar-refractivity contribution >= 4 is 40.7 Å². The van der Waals surface area contributed by atoms with Crippen molar-refractivity contribution in [3.05, 3.63) is 28.2 Å². The summed E-state index contributed by atoms with van der Waals surface area (Å²) < 4.78 is 5.45. The molecule has 7 heteroatoms. The number of hydrogen-bond donors (Lipinski definition) is 1. The van der Waals surface area contributed by atoms with Crippen molar-refractivity contribution in [2.75, 3.05) is 24.6 Å². The first-order valence-corrected chi connectivity index (χ1v) is 8.34. The predicted molar refractivity (Wildman–Crippen MR) is 91.1 cm³/mol. The lowest BCUT2D eigenvalue weighted by atomic mass is 10.2. The molecule has 1 aliphatic heterocycles. The average molecular weight is 359 g/mol. The van der Waals surface area contributed by atoms with Gasteiger partial charge in [-0.2, -0.15) is 0 Å². The zero-order valence-corrected chi connectivity index (χ0v) is 14.5. The molecule has 1 aliphatic rings. The molecular formula is C16H20Cl2N2O3. The number of halogens is 2. The van der Waals surface area contributed by atoms with Crippen molar-refractivity contribution in [3.8, 4) is 0 Å². The largest absolute Gasteiger partial charge is 0.376 e. The average Bonchev–Trinajstić information content (AvgIpc) is 2.97. The van der Waals surface area contributed by atoms with Crippen LogP contribution in [0.5, 0.6) is 0 Å². The molecule has 0 bridgehead atoms. The van der Waals surface area contributed by atoms with Crippen molar-refractivity contribution < 1.29 is 14.3 Å². The highest BCUT2D eigenvalue weighted by molar-refractivity contribution is 6.35. The number of ether oxygens (including phenoxy) is 1. The molecule has 1 fully saturated rings. The number of benzene rings is 1. The molecule has 1 atom stereocenters. The number of rotatable bonds is 6. The van der Waals surface area contributed by atoms with Gasteiger partial charge in [-0.3, -0.25) is 9.59 Å². The van der Waals surface area contributed by atoms with Gasteiger partial charge in [0.2, 0.25) is 11.8 Å². The van der Waals surface area contributed by atoms with E-state index >= 15 is 0 Å². The topological polar surface area (TPSA) is 58.6 Å². The standard InChI is InChI=1S/C16H20Cl2N2O3/c1-11(21)20(14-8-12(17)7-13(18)9-14)5-4-16(22)19-10-15-3-2-6-23-15/h7-9,15H,2-6,10H2,1H3,(H,19,22). The molecule has 2 rings (SSSR count). The van der Waals surface area contributed by atoms with Crippen LogP contribution >= 0.6 is 23.2 Å². The highest BCUT2D eigenvalue weighted by atomic mass is 35.5. The maximum absolute atomic E-state index is 11.9. The third-order valence-corrected chi connectivity index (χ3v) is 4.09. The van der Waals surface area contributed by atoms with Crippen LogP contribution in [0.4, 0.5) is 5.69 Å². The third-order valence-electron chi connectivity index (χ3n) is 3.65. The van der Waals surface area contributed by atoms with E-state index in [0.717, 1.165) is 19.4 Å². The molecule has 126 valence electrons. The second-order valence-corrected chi connectivity index (χ2v) is 6.36. The predicted octanol–water partition coefficient (Wildman–Crippen LogP) is 3.03. The van der Waals surface area contributed by atoms with E-state index in [2.05, 4.69) is 5.32 Å². The Bertz CT molecular complexity index is 554. The lowest BCUT2D eigenvalue weighted by Gasteiger charge is -2.21. The summed E-state index contributed by atoms with van der Waals surface area (Å²) >= 11 is 11.9. The normalized spacial score (nSPS) is 17.1. The molecule has 0 radical (unpaired) electrons. The number of nitrogens with zero attached hydrogens (tertiary/aromatic N) is 1. The Morgan fingerprint density at radius 1 is 1.30 bits per heavy atom. The molecule has 1 unspecified atom stereocenters. The minimum atomic E-state index is -0.171. The number of carbonyl (C=O) groups is 2. The van der Waals surface area contributed by atoms with Crippen LogP contribution in [0.1, 0.15) is 26.2 Å². The van der Waals surface area contributed by atoms with Crippen LogP contribution in [0.3, 0.4) is 0 Å². The van der Waals surface area contributed by atoms with Crippen molar-refractivity contribution in [1.29, 1.82) is 0 Å². The zero-order chi connectivity index (χ0) is 16.8. The van der Waals surface area contributed by atoms with Gasteiger partial charge < -0.3 is 15.0 Å². The minimum absolute atomic E-state index is 0.106. The van der Waals surface area contributed by atoms with E-state index < -0.39 is 0 Å². The Morgan fingerprint density at radius 3 is 2.57 bits per heavy atom. The quantitative estimate of drug-likeness (QED) is 0.850. The first-order valence-electron chi connectivity index (χ1n) is 7.58. The molecule has 0 aliphatic carbocycles. The van der Waals surface area contributed by atoms with E-state index in [1.54, 1.807) is 18.2 Å². The smallest absolute Gasteiger partial charge is 0.223 e. The fourth-order valence-electron chi connectivity index (χ4n) is 2.50. The van der Waals surface area contributed by atoms with Gasteiger partial charge in [-0.1, -0.05) is 23.2 Å². The number of carbonyl (C=O) groups excluding carboxylic acids is 2. The van der Waals surface area contributed by atoms with Gasteiger partial charge in [-0.15, -0.1) is 0 Å². The van der Waals surface area contributed by atoms with E-state index in [1.807, 2.05) is 0 Å². The molecule has 23 heavy (non-hydrogen) atoms. The molecular weight excluding hydrogens is 339 g/mol. The molecule has 0 aromatic heterocycles. The van der Waals surface area contributed by atoms with Crippen LogP contribution in [-0.4, -0.2) is 37.6 Å². The van der Waals surface area contributed by atoms with Crippen molar-refractivity contribution in [1.82, 2.24) is 5.32 Å². The number of hydrogen-bond acceptors (Lipinski definition) is 3. The molecule has 5 nitrogen and oxygen atoms in total. The first kappa shape index (κ1) is 18.0. The summed E-state index contributed by atoms with van der Waals surface area (Å²) in [4.78, 5) is 25.3. The zero-order valence-electron chi connectivity index (χ0n) is 13.0. The molecule has 1 N–H and O–H groups in total. The fraction of sp³-hybridized carbons (Fsp3) is 0.500. The Labute approximate surface area is 145 Å². The van der Waals surface area contributed by atoms with Crippen LogP contribution in [-0.2, 0) is 14.3 Å². The highest BCUT2D eigenvalue weighted by Gasteiger charge is 2.18. The highest BCUT2D eigenvalue weighted by Crippen LogP contribution is 2.25. The maximum Gasteiger partial charge on any atom is 0.223 e. The van der Waals surface area contributed by atoms with E-state index in [9.17, 15) is 9.59 Å². The molecule has 0 saturated carbocycles. The minimum Gasteiger partial charge on any atom is -0.376 e. The Hall–Kier alpha value is -1.30.